The third-order valence-electron chi connectivity index (χ3n) is 0.805. The van der Waals surface area contributed by atoms with E-state index in [-0.39, 0.29) is 0 Å². The third kappa shape index (κ3) is 2.61. The molecule has 0 atom stereocenters. The number of pyridine rings is 1. The van der Waals surface area contributed by atoms with Crippen LogP contribution in [0.1, 0.15) is 0 Å². The highest BCUT2D eigenvalue weighted by molar-refractivity contribution is 5.45. The van der Waals surface area contributed by atoms with Gasteiger partial charge in [-0.25, -0.2) is 4.98 Å². The number of nitrogens with two attached hydrogens (primary N) is 2. The van der Waals surface area contributed by atoms with Gasteiger partial charge in [-0.2, -0.15) is 4.91 Å². The van der Waals surface area contributed by atoms with Crippen molar-refractivity contribution in [2.45, 2.75) is 0 Å². The molecule has 1 aromatic heterocycles. The largest absolute Gasteiger partial charge is 0.399 e. The number of hydrogen-bond acceptors (Lipinski definition) is 5. The van der Waals surface area contributed by atoms with Gasteiger partial charge in [-0.3, -0.25) is 0 Å². The fourth-order valence-electron chi connectivity index (χ4n) is 0.466. The summed E-state index contributed by atoms with van der Waals surface area (Å²) < 4.78 is 0. The maximum Gasteiger partial charge on any atom is 0.125 e. The summed E-state index contributed by atoms with van der Waals surface area (Å²) >= 11 is 0. The predicted octanol–water partition coefficient (Wildman–Crippen LogP) is 0.578. The molecule has 1 heterocycles. The van der Waals surface area contributed by atoms with Crippen LogP contribution in [0.3, 0.4) is 0 Å². The standard InChI is InChI=1S/C5H7N3.HNO/c6-4-1-2-8-5(7)3-4;1-2/h1-3H,(H4,6,7,8);1H. The lowest BCUT2D eigenvalue weighted by atomic mass is 10.4. The van der Waals surface area contributed by atoms with E-state index in [0.29, 0.717) is 11.5 Å². The van der Waals surface area contributed by atoms with E-state index < -0.39 is 0 Å². The second-order valence-corrected chi connectivity index (χ2v) is 1.51. The summed E-state index contributed by atoms with van der Waals surface area (Å²) in [6, 6.07) is 3.30. The van der Waals surface area contributed by atoms with Crippen LogP contribution in [0.25, 0.3) is 0 Å². The minimum Gasteiger partial charge on any atom is -0.399 e. The van der Waals surface area contributed by atoms with Gasteiger partial charge >= 0.3 is 0 Å². The van der Waals surface area contributed by atoms with Crippen molar-refractivity contribution in [1.82, 2.24) is 4.98 Å². The van der Waals surface area contributed by atoms with Gasteiger partial charge in [-0.15, -0.1) is 0 Å². The van der Waals surface area contributed by atoms with Crippen LogP contribution in [0, 0.1) is 10.5 Å². The van der Waals surface area contributed by atoms with Gasteiger partial charge in [0.2, 0.25) is 0 Å². The number of nitrogen functional groups attached to an aromatic ring is 2. The van der Waals surface area contributed by atoms with Crippen molar-refractivity contribution >= 4 is 11.5 Å². The molecule has 1 aromatic rings. The molecule has 0 saturated heterocycles. The summed E-state index contributed by atoms with van der Waals surface area (Å²) in [6.07, 6.45) is 1.57. The second-order valence-electron chi connectivity index (χ2n) is 1.51. The maximum atomic E-state index is 7.50. The Morgan fingerprint density at radius 2 is 2.00 bits per heavy atom. The van der Waals surface area contributed by atoms with Crippen molar-refractivity contribution in [2.75, 3.05) is 11.5 Å². The Labute approximate surface area is 57.8 Å². The average molecular weight is 140 g/mol. The van der Waals surface area contributed by atoms with Crippen molar-refractivity contribution in [3.8, 4) is 0 Å². The molecule has 0 bridgehead atoms. The number of hydrogen-bond donors (Lipinski definition) is 3. The average Bonchev–Trinajstić information content (AvgIpc) is 1.91. The molecule has 0 saturated carbocycles. The predicted molar refractivity (Wildman–Crippen MR) is 39.1 cm³/mol. The summed E-state index contributed by atoms with van der Waals surface area (Å²) in [5.41, 5.74) is 15.8. The fraction of sp³-hybridized carbons (Fsp3) is 0. The molecule has 0 aromatic carbocycles. The Morgan fingerprint density at radius 3 is 2.30 bits per heavy atom. The summed E-state index contributed by atoms with van der Waals surface area (Å²) in [5.74, 6) is 0.463. The van der Waals surface area contributed by atoms with Crippen molar-refractivity contribution in [1.29, 1.82) is 5.59 Å². The third-order valence-corrected chi connectivity index (χ3v) is 0.805. The Morgan fingerprint density at radius 1 is 1.40 bits per heavy atom. The monoisotopic (exact) mass is 140 g/mol. The topological polar surface area (TPSA) is 106 Å². The first-order valence-corrected chi connectivity index (χ1v) is 2.46. The fourth-order valence-corrected chi connectivity index (χ4v) is 0.466. The van der Waals surface area contributed by atoms with Gasteiger partial charge < -0.3 is 11.5 Å². The van der Waals surface area contributed by atoms with E-state index >= 15 is 0 Å². The highest BCUT2D eigenvalue weighted by atomic mass is 16.2. The van der Waals surface area contributed by atoms with Crippen LogP contribution < -0.4 is 11.5 Å². The van der Waals surface area contributed by atoms with Crippen LogP contribution >= 0.6 is 0 Å². The summed E-state index contributed by atoms with van der Waals surface area (Å²) in [7, 11) is 0. The first-order valence-electron chi connectivity index (χ1n) is 2.46. The number of nitrogens with zero attached hydrogens (tertiary/aromatic N) is 1. The molecule has 0 amide bonds. The molecule has 0 radical (unpaired) electrons. The van der Waals surface area contributed by atoms with Gasteiger partial charge in [-0.1, -0.05) is 5.59 Å². The molecule has 0 unspecified atom stereocenters. The molecule has 5 N–H and O–H groups in total. The van der Waals surface area contributed by atoms with E-state index in [4.69, 9.17) is 16.4 Å². The molecule has 0 aliphatic carbocycles. The second kappa shape index (κ2) is 4.25. The molecule has 10 heavy (non-hydrogen) atoms. The van der Waals surface area contributed by atoms with Crippen LogP contribution in [0.2, 0.25) is 0 Å². The first-order chi connectivity index (χ1) is 4.79. The number of rotatable bonds is 0. The zero-order valence-corrected chi connectivity index (χ0v) is 5.24. The van der Waals surface area contributed by atoms with Crippen LogP contribution in [0.5, 0.6) is 0 Å². The zero-order chi connectivity index (χ0) is 7.98. The van der Waals surface area contributed by atoms with E-state index in [2.05, 4.69) is 10.6 Å². The molecule has 54 valence electrons. The Hall–Kier alpha value is -1.65. The van der Waals surface area contributed by atoms with Crippen molar-refractivity contribution in [3.63, 3.8) is 0 Å². The smallest absolute Gasteiger partial charge is 0.125 e. The zero-order valence-electron chi connectivity index (χ0n) is 5.24. The van der Waals surface area contributed by atoms with Gasteiger partial charge in [0.25, 0.3) is 0 Å². The lowest BCUT2D eigenvalue weighted by molar-refractivity contribution is 1.34. The lowest BCUT2D eigenvalue weighted by Gasteiger charge is -1.90. The highest BCUT2D eigenvalue weighted by Crippen LogP contribution is 2.01. The van der Waals surface area contributed by atoms with Gasteiger partial charge in [0, 0.05) is 18.0 Å². The quantitative estimate of drug-likeness (QED) is 0.458. The molecular formula is C5H8N4O. The van der Waals surface area contributed by atoms with Crippen LogP contribution in [-0.4, -0.2) is 4.98 Å². The number of anilines is 2. The summed E-state index contributed by atoms with van der Waals surface area (Å²) in [6.45, 7) is 0. The van der Waals surface area contributed by atoms with Crippen molar-refractivity contribution in [3.05, 3.63) is 23.2 Å². The lowest BCUT2D eigenvalue weighted by Crippen LogP contribution is -1.91. The molecule has 1 rings (SSSR count). The first kappa shape index (κ1) is 8.35. The van der Waals surface area contributed by atoms with E-state index in [0.717, 1.165) is 0 Å². The van der Waals surface area contributed by atoms with Crippen molar-refractivity contribution < 1.29 is 0 Å². The summed E-state index contributed by atoms with van der Waals surface area (Å²) in [5, 5.41) is 0. The molecule has 0 spiro atoms. The van der Waals surface area contributed by atoms with E-state index in [1.807, 2.05) is 0 Å². The molecule has 0 aliphatic rings. The van der Waals surface area contributed by atoms with Gasteiger partial charge in [0.15, 0.2) is 0 Å². The molecule has 0 aliphatic heterocycles. The number of nitrogens with one attached hydrogen (secondary N) is 1. The summed E-state index contributed by atoms with van der Waals surface area (Å²) in [4.78, 5) is 11.2. The minimum absolute atomic E-state index is 0.463. The Balaban J connectivity index is 0.000000371. The van der Waals surface area contributed by atoms with Gasteiger partial charge in [0.05, 0.1) is 0 Å². The van der Waals surface area contributed by atoms with Crippen molar-refractivity contribution in [2.24, 2.45) is 0 Å². The van der Waals surface area contributed by atoms with Gasteiger partial charge in [0.1, 0.15) is 5.82 Å². The molecule has 5 heteroatoms. The molecule has 0 fully saturated rings. The minimum atomic E-state index is 0.463. The van der Waals surface area contributed by atoms with Crippen LogP contribution in [-0.2, 0) is 0 Å². The van der Waals surface area contributed by atoms with Crippen LogP contribution in [0.4, 0.5) is 11.5 Å². The maximum absolute atomic E-state index is 7.50. The van der Waals surface area contributed by atoms with Crippen LogP contribution in [0.15, 0.2) is 18.3 Å². The Bertz CT molecular complexity index is 185. The molecule has 5 nitrogen and oxygen atoms in total. The molecular weight excluding hydrogens is 132 g/mol. The van der Waals surface area contributed by atoms with E-state index in [1.165, 1.54) is 0 Å². The highest BCUT2D eigenvalue weighted by Gasteiger charge is 1.83. The number of nitroso groups, excluding NO2 is 1. The van der Waals surface area contributed by atoms with Gasteiger partial charge in [-0.05, 0) is 6.07 Å². The Kier molecular flexibility index (Phi) is 3.55. The van der Waals surface area contributed by atoms with E-state index in [1.54, 1.807) is 18.3 Å². The number of aromatic nitrogens is 1. The van der Waals surface area contributed by atoms with E-state index in [9.17, 15) is 0 Å². The normalized spacial score (nSPS) is 7.60. The SMILES string of the molecule is N=O.Nc1ccnc(N)c1.